The highest BCUT2D eigenvalue weighted by molar-refractivity contribution is 7.71. The molecule has 0 aromatic carbocycles. The Labute approximate surface area is 80.8 Å². The maximum Gasteiger partial charge on any atom is 0.276 e. The minimum absolute atomic E-state index is 0.0471. The van der Waals surface area contributed by atoms with Gasteiger partial charge >= 0.3 is 0 Å². The predicted molar refractivity (Wildman–Crippen MR) is 54.1 cm³/mol. The number of hydrogen-bond donors (Lipinski definition) is 0. The minimum Gasteiger partial charge on any atom is -0.488 e. The Morgan fingerprint density at radius 1 is 1.58 bits per heavy atom. The Hall–Kier alpha value is -0.390. The molecule has 0 saturated heterocycles. The first-order valence-electron chi connectivity index (χ1n) is 3.46. The molecule has 0 atom stereocenters. The number of rotatable bonds is 2. The molecule has 0 N–H and O–H groups in total. The molecule has 0 radical (unpaired) electrons. The highest BCUT2D eigenvalue weighted by Gasteiger charge is 2.18. The summed E-state index contributed by atoms with van der Waals surface area (Å²) in [5.74, 6) is 0.545. The van der Waals surface area contributed by atoms with Gasteiger partial charge in [-0.15, -0.1) is 0 Å². The molecule has 0 bridgehead atoms. The van der Waals surface area contributed by atoms with E-state index in [9.17, 15) is 4.79 Å². The SMILES string of the molecule is CCOc1c2sscc-2sc1=O. The Morgan fingerprint density at radius 3 is 3.17 bits per heavy atom. The van der Waals surface area contributed by atoms with Crippen molar-refractivity contribution in [2.45, 2.75) is 6.92 Å². The van der Waals surface area contributed by atoms with Gasteiger partial charge in [0.1, 0.15) is 4.88 Å². The Bertz CT molecular complexity index is 397. The van der Waals surface area contributed by atoms with Crippen LogP contribution in [0.1, 0.15) is 6.92 Å². The van der Waals surface area contributed by atoms with Crippen LogP contribution in [-0.4, -0.2) is 6.61 Å². The summed E-state index contributed by atoms with van der Waals surface area (Å²) in [6.45, 7) is 2.45. The van der Waals surface area contributed by atoms with Crippen molar-refractivity contribution in [1.82, 2.24) is 0 Å². The first-order valence-corrected chi connectivity index (χ1v) is 6.49. The molecule has 2 nitrogen and oxygen atoms in total. The Morgan fingerprint density at radius 2 is 2.42 bits per heavy atom. The van der Waals surface area contributed by atoms with Crippen molar-refractivity contribution in [2.75, 3.05) is 6.61 Å². The molecule has 0 aromatic rings. The lowest BCUT2D eigenvalue weighted by Gasteiger charge is -1.96. The normalized spacial score (nSPS) is 10.8. The van der Waals surface area contributed by atoms with Crippen LogP contribution in [0.2, 0.25) is 0 Å². The first kappa shape index (κ1) is 8.22. The fourth-order valence-electron chi connectivity index (χ4n) is 0.938. The van der Waals surface area contributed by atoms with Crippen LogP contribution in [0.4, 0.5) is 0 Å². The quantitative estimate of drug-likeness (QED) is 0.724. The summed E-state index contributed by atoms with van der Waals surface area (Å²) in [7, 11) is 3.24. The van der Waals surface area contributed by atoms with Gasteiger partial charge in [-0.3, -0.25) is 4.79 Å². The summed E-state index contributed by atoms with van der Waals surface area (Å²) in [5.41, 5.74) is 0. The van der Waals surface area contributed by atoms with Crippen molar-refractivity contribution >= 4 is 32.0 Å². The highest BCUT2D eigenvalue weighted by atomic mass is 32.9. The van der Waals surface area contributed by atoms with E-state index in [-0.39, 0.29) is 4.74 Å². The summed E-state index contributed by atoms with van der Waals surface area (Å²) < 4.78 is 5.31. The van der Waals surface area contributed by atoms with Crippen molar-refractivity contribution in [2.24, 2.45) is 0 Å². The van der Waals surface area contributed by atoms with Crippen molar-refractivity contribution in [3.8, 4) is 15.5 Å². The van der Waals surface area contributed by atoms with E-state index in [0.717, 1.165) is 9.75 Å². The van der Waals surface area contributed by atoms with Crippen LogP contribution in [0.3, 0.4) is 0 Å². The van der Waals surface area contributed by atoms with Crippen LogP contribution < -0.4 is 9.48 Å². The van der Waals surface area contributed by atoms with E-state index in [1.54, 1.807) is 20.7 Å². The number of fused-ring (bicyclic) bond motifs is 1. The van der Waals surface area contributed by atoms with Gasteiger partial charge < -0.3 is 4.74 Å². The maximum absolute atomic E-state index is 11.3. The van der Waals surface area contributed by atoms with E-state index in [1.165, 1.54) is 11.3 Å². The molecule has 0 aromatic heterocycles. The fraction of sp³-hybridized carbons (Fsp3) is 0.286. The monoisotopic (exact) mass is 218 g/mol. The van der Waals surface area contributed by atoms with E-state index in [0.29, 0.717) is 12.4 Å². The fourth-order valence-corrected chi connectivity index (χ4v) is 4.58. The zero-order chi connectivity index (χ0) is 8.55. The molecule has 0 saturated carbocycles. The molecular weight excluding hydrogens is 212 g/mol. The van der Waals surface area contributed by atoms with Gasteiger partial charge in [0, 0.05) is 5.38 Å². The van der Waals surface area contributed by atoms with Crippen LogP contribution in [0.25, 0.3) is 9.75 Å². The first-order chi connectivity index (χ1) is 5.83. The predicted octanol–water partition coefficient (Wildman–Crippen LogP) is 2.73. The summed E-state index contributed by atoms with van der Waals surface area (Å²) in [6.07, 6.45) is 0. The molecule has 0 aliphatic carbocycles. The molecule has 12 heavy (non-hydrogen) atoms. The third-order valence-corrected chi connectivity index (χ3v) is 4.66. The van der Waals surface area contributed by atoms with E-state index in [2.05, 4.69) is 0 Å². The molecule has 0 spiro atoms. The van der Waals surface area contributed by atoms with Crippen LogP contribution in [0.5, 0.6) is 5.75 Å². The summed E-state index contributed by atoms with van der Waals surface area (Å²) in [5, 5.41) is 1.99. The smallest absolute Gasteiger partial charge is 0.276 e. The molecule has 2 rings (SSSR count). The average Bonchev–Trinajstić information content (AvgIpc) is 2.56. The maximum atomic E-state index is 11.3. The van der Waals surface area contributed by atoms with Crippen molar-refractivity contribution < 1.29 is 4.74 Å². The third-order valence-electron chi connectivity index (χ3n) is 1.39. The molecule has 0 fully saturated rings. The highest BCUT2D eigenvalue weighted by Crippen LogP contribution is 2.41. The van der Waals surface area contributed by atoms with Crippen molar-refractivity contribution in [3.63, 3.8) is 0 Å². The van der Waals surface area contributed by atoms with E-state index in [4.69, 9.17) is 4.74 Å². The molecule has 2 heterocycles. The van der Waals surface area contributed by atoms with Gasteiger partial charge in [0.25, 0.3) is 4.74 Å². The largest absolute Gasteiger partial charge is 0.488 e. The van der Waals surface area contributed by atoms with Gasteiger partial charge in [-0.1, -0.05) is 32.0 Å². The van der Waals surface area contributed by atoms with Crippen LogP contribution in [-0.2, 0) is 0 Å². The minimum atomic E-state index is 0.0471. The van der Waals surface area contributed by atoms with E-state index < -0.39 is 0 Å². The molecule has 64 valence electrons. The second-order valence-electron chi connectivity index (χ2n) is 2.14. The Kier molecular flexibility index (Phi) is 2.16. The lowest BCUT2D eigenvalue weighted by Crippen LogP contribution is -1.99. The lowest BCUT2D eigenvalue weighted by atomic mass is 10.4. The molecule has 0 amide bonds. The number of thiophene rings is 1. The molecule has 0 unspecified atom stereocenters. The van der Waals surface area contributed by atoms with Gasteiger partial charge in [-0.05, 0) is 6.92 Å². The zero-order valence-electron chi connectivity index (χ0n) is 6.33. The third kappa shape index (κ3) is 1.18. The van der Waals surface area contributed by atoms with Crippen LogP contribution >= 0.6 is 32.0 Å². The second-order valence-corrected chi connectivity index (χ2v) is 5.24. The zero-order valence-corrected chi connectivity index (χ0v) is 8.78. The topological polar surface area (TPSA) is 26.3 Å². The van der Waals surface area contributed by atoms with Crippen molar-refractivity contribution in [1.29, 1.82) is 0 Å². The molecular formula is C7H6O2S3. The van der Waals surface area contributed by atoms with Gasteiger partial charge in [-0.2, -0.15) is 0 Å². The standard InChI is InChI=1S/C7H6O2S3/c1-2-9-5-6-4(3-10-12-6)11-7(5)8/h3H,2H2,1H3. The van der Waals surface area contributed by atoms with Crippen LogP contribution in [0.15, 0.2) is 10.2 Å². The van der Waals surface area contributed by atoms with Gasteiger partial charge in [0.2, 0.25) is 0 Å². The summed E-state index contributed by atoms with van der Waals surface area (Å²) in [4.78, 5) is 13.4. The van der Waals surface area contributed by atoms with E-state index >= 15 is 0 Å². The molecule has 2 aliphatic heterocycles. The Balaban J connectivity index is 2.58. The van der Waals surface area contributed by atoms with Crippen molar-refractivity contribution in [3.05, 3.63) is 14.9 Å². The number of hydrogen-bond acceptors (Lipinski definition) is 5. The lowest BCUT2D eigenvalue weighted by molar-refractivity contribution is 0.341. The van der Waals surface area contributed by atoms with Gasteiger partial charge in [0.05, 0.1) is 11.5 Å². The number of ether oxygens (including phenoxy) is 1. The second kappa shape index (κ2) is 3.16. The van der Waals surface area contributed by atoms with Gasteiger partial charge in [-0.25, -0.2) is 0 Å². The summed E-state index contributed by atoms with van der Waals surface area (Å²) >= 11 is 1.27. The average molecular weight is 218 g/mol. The summed E-state index contributed by atoms with van der Waals surface area (Å²) in [6, 6.07) is 0. The molecule has 2 aliphatic rings. The van der Waals surface area contributed by atoms with Crippen LogP contribution in [0, 0.1) is 0 Å². The van der Waals surface area contributed by atoms with E-state index in [1.807, 2.05) is 12.3 Å². The van der Waals surface area contributed by atoms with Gasteiger partial charge in [0.15, 0.2) is 5.75 Å². The molecule has 5 heteroatoms.